The highest BCUT2D eigenvalue weighted by molar-refractivity contribution is 5.83. The van der Waals surface area contributed by atoms with Gasteiger partial charge in [0, 0.05) is 11.6 Å². The largest absolute Gasteiger partial charge is 0.493 e. The Morgan fingerprint density at radius 3 is 2.79 bits per heavy atom. The highest BCUT2D eigenvalue weighted by Crippen LogP contribution is 2.38. The average molecular weight is 339 g/mol. The lowest BCUT2D eigenvalue weighted by Gasteiger charge is -2.12. The van der Waals surface area contributed by atoms with Crippen LogP contribution in [0, 0.1) is 10.1 Å². The van der Waals surface area contributed by atoms with Crippen molar-refractivity contribution in [2.75, 3.05) is 26.9 Å². The van der Waals surface area contributed by atoms with Crippen molar-refractivity contribution in [1.29, 1.82) is 0 Å². The zero-order valence-electron chi connectivity index (χ0n) is 14.2. The van der Waals surface area contributed by atoms with Gasteiger partial charge in [0.25, 0.3) is 0 Å². The van der Waals surface area contributed by atoms with E-state index in [9.17, 15) is 10.1 Å². The Hall–Kier alpha value is -2.35. The van der Waals surface area contributed by atoms with Crippen LogP contribution in [0.15, 0.2) is 17.2 Å². The number of methoxy groups -OCH3 is 1. The van der Waals surface area contributed by atoms with Crippen molar-refractivity contribution in [3.8, 4) is 11.5 Å². The van der Waals surface area contributed by atoms with Crippen molar-refractivity contribution in [3.63, 3.8) is 0 Å². The van der Waals surface area contributed by atoms with Gasteiger partial charge in [-0.05, 0) is 12.5 Å². The van der Waals surface area contributed by atoms with E-state index in [1.165, 1.54) is 19.4 Å². The molecule has 0 aliphatic carbocycles. The van der Waals surface area contributed by atoms with Crippen LogP contribution in [0.1, 0.15) is 38.2 Å². The molecule has 0 bridgehead atoms. The minimum atomic E-state index is -0.498. The third-order valence-electron chi connectivity index (χ3n) is 3.25. The van der Waals surface area contributed by atoms with Gasteiger partial charge in [-0.15, -0.1) is 0 Å². The predicted octanol–water partition coefficient (Wildman–Crippen LogP) is 2.48. The van der Waals surface area contributed by atoms with Gasteiger partial charge in [-0.3, -0.25) is 10.1 Å². The maximum absolute atomic E-state index is 11.3. The van der Waals surface area contributed by atoms with Crippen molar-refractivity contribution >= 4 is 11.9 Å². The number of nitrogens with zero attached hydrogens (tertiary/aromatic N) is 2. The van der Waals surface area contributed by atoms with Crippen molar-refractivity contribution in [3.05, 3.63) is 27.8 Å². The summed E-state index contributed by atoms with van der Waals surface area (Å²) in [5.41, 5.74) is 2.96. The smallest absolute Gasteiger partial charge is 0.315 e. The fourth-order valence-electron chi connectivity index (χ4n) is 2.05. The van der Waals surface area contributed by atoms with Crippen molar-refractivity contribution in [2.24, 2.45) is 5.10 Å². The molecule has 0 radical (unpaired) electrons. The van der Waals surface area contributed by atoms with Gasteiger partial charge < -0.3 is 20.0 Å². The van der Waals surface area contributed by atoms with Gasteiger partial charge in [-0.1, -0.05) is 26.2 Å². The monoisotopic (exact) mass is 339 g/mol. The number of hydrazone groups is 1. The summed E-state index contributed by atoms with van der Waals surface area (Å²) in [6.45, 7) is 2.77. The van der Waals surface area contributed by atoms with Gasteiger partial charge >= 0.3 is 5.69 Å². The maximum atomic E-state index is 11.3. The number of unbranched alkanes of at least 4 members (excludes halogenated alkanes) is 3. The van der Waals surface area contributed by atoms with E-state index in [0.717, 1.165) is 25.7 Å². The molecule has 1 aromatic rings. The van der Waals surface area contributed by atoms with Crippen LogP contribution in [-0.4, -0.2) is 43.1 Å². The molecule has 2 N–H and O–H groups in total. The van der Waals surface area contributed by atoms with E-state index in [1.54, 1.807) is 6.07 Å². The summed E-state index contributed by atoms with van der Waals surface area (Å²) in [5, 5.41) is 23.9. The minimum Gasteiger partial charge on any atom is -0.493 e. The molecule has 0 fully saturated rings. The SMILES string of the molecule is CCCCCCOc1c(OC)cc(C=NNCCO)cc1[N+](=O)[O-]. The molecule has 1 aromatic carbocycles. The first-order valence-corrected chi connectivity index (χ1v) is 8.00. The van der Waals surface area contributed by atoms with E-state index in [4.69, 9.17) is 14.6 Å². The van der Waals surface area contributed by atoms with Crippen LogP contribution in [0.3, 0.4) is 0 Å². The summed E-state index contributed by atoms with van der Waals surface area (Å²) >= 11 is 0. The van der Waals surface area contributed by atoms with Crippen molar-refractivity contribution < 1.29 is 19.5 Å². The lowest BCUT2D eigenvalue weighted by atomic mass is 10.1. The molecular formula is C16H25N3O5. The molecule has 8 heteroatoms. The fraction of sp³-hybridized carbons (Fsp3) is 0.562. The van der Waals surface area contributed by atoms with Gasteiger partial charge in [-0.25, -0.2) is 0 Å². The zero-order chi connectivity index (χ0) is 17.8. The van der Waals surface area contributed by atoms with E-state index in [1.807, 2.05) is 0 Å². The van der Waals surface area contributed by atoms with Crippen LogP contribution in [-0.2, 0) is 0 Å². The Kier molecular flexibility index (Phi) is 9.21. The lowest BCUT2D eigenvalue weighted by molar-refractivity contribution is -0.386. The summed E-state index contributed by atoms with van der Waals surface area (Å²) in [4.78, 5) is 10.8. The topological polar surface area (TPSA) is 106 Å². The molecule has 0 saturated heterocycles. The van der Waals surface area contributed by atoms with Crippen LogP contribution < -0.4 is 14.9 Å². The summed E-state index contributed by atoms with van der Waals surface area (Å²) in [5.74, 6) is 0.433. The summed E-state index contributed by atoms with van der Waals surface area (Å²) in [6.07, 6.45) is 5.51. The van der Waals surface area contributed by atoms with Gasteiger partial charge in [0.05, 0.1) is 38.0 Å². The Labute approximate surface area is 141 Å². The number of aliphatic hydroxyl groups excluding tert-OH is 1. The number of rotatable bonds is 12. The van der Waals surface area contributed by atoms with Crippen LogP contribution in [0.2, 0.25) is 0 Å². The molecule has 0 aliphatic rings. The molecular weight excluding hydrogens is 314 g/mol. The lowest BCUT2D eigenvalue weighted by Crippen LogP contribution is -2.11. The number of ether oxygens (including phenoxy) is 2. The Bertz CT molecular complexity index is 549. The van der Waals surface area contributed by atoms with E-state index in [-0.39, 0.29) is 18.0 Å². The normalized spacial score (nSPS) is 10.8. The Balaban J connectivity index is 2.92. The van der Waals surface area contributed by atoms with E-state index in [0.29, 0.717) is 24.5 Å². The highest BCUT2D eigenvalue weighted by Gasteiger charge is 2.22. The number of nitro benzene ring substituents is 1. The number of hydrogen-bond donors (Lipinski definition) is 2. The molecule has 134 valence electrons. The summed E-state index contributed by atoms with van der Waals surface area (Å²) in [6, 6.07) is 3.01. The third kappa shape index (κ3) is 6.41. The molecule has 0 aliphatic heterocycles. The standard InChI is InChI=1S/C16H25N3O5/c1-3-4-5-6-9-24-16-14(19(21)22)10-13(11-15(16)23-2)12-18-17-7-8-20/h10-12,17,20H,3-9H2,1-2H3. The Morgan fingerprint density at radius 2 is 2.17 bits per heavy atom. The molecule has 0 unspecified atom stereocenters. The summed E-state index contributed by atoms with van der Waals surface area (Å²) in [7, 11) is 1.44. The molecule has 0 amide bonds. The van der Waals surface area contributed by atoms with Crippen LogP contribution >= 0.6 is 0 Å². The van der Waals surface area contributed by atoms with E-state index >= 15 is 0 Å². The zero-order valence-corrected chi connectivity index (χ0v) is 14.2. The number of benzene rings is 1. The summed E-state index contributed by atoms with van der Waals surface area (Å²) < 4.78 is 10.8. The van der Waals surface area contributed by atoms with Crippen LogP contribution in [0.4, 0.5) is 5.69 Å². The molecule has 0 heterocycles. The maximum Gasteiger partial charge on any atom is 0.315 e. The number of nitro groups is 1. The molecule has 24 heavy (non-hydrogen) atoms. The molecule has 8 nitrogen and oxygen atoms in total. The Morgan fingerprint density at radius 1 is 1.38 bits per heavy atom. The molecule has 0 atom stereocenters. The van der Waals surface area contributed by atoms with Gasteiger partial charge in [0.2, 0.25) is 5.75 Å². The van der Waals surface area contributed by atoms with Gasteiger partial charge in [0.1, 0.15) is 0 Å². The number of nitrogens with one attached hydrogen (secondary N) is 1. The number of hydrogen-bond acceptors (Lipinski definition) is 7. The van der Waals surface area contributed by atoms with E-state index < -0.39 is 4.92 Å². The van der Waals surface area contributed by atoms with Crippen LogP contribution in [0.25, 0.3) is 0 Å². The first kappa shape index (κ1) is 19.7. The van der Waals surface area contributed by atoms with Crippen molar-refractivity contribution in [2.45, 2.75) is 32.6 Å². The number of aliphatic hydroxyl groups is 1. The third-order valence-corrected chi connectivity index (χ3v) is 3.25. The average Bonchev–Trinajstić information content (AvgIpc) is 2.58. The molecule has 0 saturated carbocycles. The van der Waals surface area contributed by atoms with Crippen molar-refractivity contribution in [1.82, 2.24) is 5.43 Å². The fourth-order valence-corrected chi connectivity index (χ4v) is 2.05. The highest BCUT2D eigenvalue weighted by atomic mass is 16.6. The van der Waals surface area contributed by atoms with Gasteiger partial charge in [0.15, 0.2) is 5.75 Å². The van der Waals surface area contributed by atoms with E-state index in [2.05, 4.69) is 17.5 Å². The predicted molar refractivity (Wildman–Crippen MR) is 92.0 cm³/mol. The first-order chi connectivity index (χ1) is 11.6. The quantitative estimate of drug-likeness (QED) is 0.262. The molecule has 0 spiro atoms. The molecule has 0 aromatic heterocycles. The minimum absolute atomic E-state index is 0.0500. The molecule has 1 rings (SSSR count). The van der Waals surface area contributed by atoms with Crippen LogP contribution in [0.5, 0.6) is 11.5 Å². The van der Waals surface area contributed by atoms with Gasteiger partial charge in [-0.2, -0.15) is 5.10 Å². The second-order valence-electron chi connectivity index (χ2n) is 5.13. The first-order valence-electron chi connectivity index (χ1n) is 8.00. The second-order valence-corrected chi connectivity index (χ2v) is 5.13. The second kappa shape index (κ2) is 11.2.